The lowest BCUT2D eigenvalue weighted by molar-refractivity contribution is -0.138. The van der Waals surface area contributed by atoms with Crippen molar-refractivity contribution in [3.05, 3.63) is 24.3 Å². The van der Waals surface area contributed by atoms with E-state index in [0.717, 1.165) is 6.42 Å². The number of carboxylic acids is 1. The Hall–Kier alpha value is -2.04. The Kier molecular flexibility index (Phi) is 5.70. The van der Waals surface area contributed by atoms with E-state index in [1.165, 1.54) is 0 Å². The van der Waals surface area contributed by atoms with Gasteiger partial charge >= 0.3 is 5.97 Å². The number of hydrogen-bond acceptors (Lipinski definition) is 3. The van der Waals surface area contributed by atoms with Crippen LogP contribution in [-0.2, 0) is 9.59 Å². The maximum absolute atomic E-state index is 11.5. The lowest BCUT2D eigenvalue weighted by Gasteiger charge is -2.11. The molecule has 0 fully saturated rings. The first kappa shape index (κ1) is 14.0. The molecule has 98 valence electrons. The van der Waals surface area contributed by atoms with Crippen LogP contribution in [0.25, 0.3) is 0 Å². The number of carbonyl (C=O) groups is 2. The van der Waals surface area contributed by atoms with Crippen molar-refractivity contribution in [2.24, 2.45) is 0 Å². The van der Waals surface area contributed by atoms with Crippen LogP contribution in [-0.4, -0.2) is 23.6 Å². The van der Waals surface area contributed by atoms with Crippen molar-refractivity contribution in [1.82, 2.24) is 0 Å². The Bertz CT molecular complexity index is 417. The van der Waals surface area contributed by atoms with Gasteiger partial charge in [0.1, 0.15) is 5.75 Å². The number of rotatable bonds is 7. The zero-order valence-electron chi connectivity index (χ0n) is 10.3. The molecule has 0 bridgehead atoms. The van der Waals surface area contributed by atoms with E-state index in [9.17, 15) is 9.59 Å². The van der Waals surface area contributed by atoms with Gasteiger partial charge in [0.15, 0.2) is 0 Å². The molecular formula is C13H17NO4. The summed E-state index contributed by atoms with van der Waals surface area (Å²) in [5.74, 6) is -0.714. The van der Waals surface area contributed by atoms with Gasteiger partial charge in [-0.25, -0.2) is 0 Å². The smallest absolute Gasteiger partial charge is 0.303 e. The summed E-state index contributed by atoms with van der Waals surface area (Å²) < 4.78 is 5.48. The highest BCUT2D eigenvalue weighted by atomic mass is 16.5. The third-order valence-electron chi connectivity index (χ3n) is 2.19. The molecule has 0 aromatic heterocycles. The van der Waals surface area contributed by atoms with Gasteiger partial charge in [-0.2, -0.15) is 0 Å². The molecule has 0 atom stereocenters. The largest absolute Gasteiger partial charge is 0.491 e. The Labute approximate surface area is 106 Å². The second kappa shape index (κ2) is 7.32. The number of carboxylic acid groups (broad SMARTS) is 1. The SMILES string of the molecule is CCCOc1ccccc1NC(=O)CCC(=O)O. The van der Waals surface area contributed by atoms with Crippen molar-refractivity contribution in [1.29, 1.82) is 0 Å². The number of benzene rings is 1. The van der Waals surface area contributed by atoms with Crippen molar-refractivity contribution in [3.8, 4) is 5.75 Å². The van der Waals surface area contributed by atoms with Gasteiger partial charge in [-0.05, 0) is 18.6 Å². The van der Waals surface area contributed by atoms with Gasteiger partial charge in [0, 0.05) is 6.42 Å². The first-order valence-electron chi connectivity index (χ1n) is 5.87. The number of ether oxygens (including phenoxy) is 1. The first-order valence-corrected chi connectivity index (χ1v) is 5.87. The van der Waals surface area contributed by atoms with Crippen molar-refractivity contribution in [3.63, 3.8) is 0 Å². The Morgan fingerprint density at radius 3 is 2.67 bits per heavy atom. The number of nitrogens with one attached hydrogen (secondary N) is 1. The summed E-state index contributed by atoms with van der Waals surface area (Å²) in [4.78, 5) is 21.9. The number of aliphatic carboxylic acids is 1. The average Bonchev–Trinajstić information content (AvgIpc) is 2.35. The quantitative estimate of drug-likeness (QED) is 0.779. The van der Waals surface area contributed by atoms with Gasteiger partial charge in [0.2, 0.25) is 5.91 Å². The number of carbonyl (C=O) groups excluding carboxylic acids is 1. The number of hydrogen-bond donors (Lipinski definition) is 2. The molecule has 0 aliphatic heterocycles. The van der Waals surface area contributed by atoms with Crippen LogP contribution in [0.15, 0.2) is 24.3 Å². The van der Waals surface area contributed by atoms with Gasteiger partial charge < -0.3 is 15.2 Å². The Morgan fingerprint density at radius 1 is 1.28 bits per heavy atom. The number of anilines is 1. The van der Waals surface area contributed by atoms with Crippen LogP contribution < -0.4 is 10.1 Å². The van der Waals surface area contributed by atoms with E-state index in [2.05, 4.69) is 5.32 Å². The second-order valence-electron chi connectivity index (χ2n) is 3.79. The van der Waals surface area contributed by atoms with E-state index in [1.54, 1.807) is 18.2 Å². The molecule has 0 spiro atoms. The van der Waals surface area contributed by atoms with Crippen molar-refractivity contribution in [2.45, 2.75) is 26.2 Å². The summed E-state index contributed by atoms with van der Waals surface area (Å²) in [6.45, 7) is 2.57. The molecule has 0 unspecified atom stereocenters. The van der Waals surface area contributed by atoms with Crippen LogP contribution in [0.4, 0.5) is 5.69 Å². The summed E-state index contributed by atoms with van der Waals surface area (Å²) in [5.41, 5.74) is 0.571. The minimum absolute atomic E-state index is 0.0442. The lowest BCUT2D eigenvalue weighted by atomic mass is 10.2. The summed E-state index contributed by atoms with van der Waals surface area (Å²) in [6.07, 6.45) is 0.655. The molecule has 0 saturated heterocycles. The molecule has 0 heterocycles. The minimum Gasteiger partial charge on any atom is -0.491 e. The predicted molar refractivity (Wildman–Crippen MR) is 67.7 cm³/mol. The highest BCUT2D eigenvalue weighted by Gasteiger charge is 2.08. The van der Waals surface area contributed by atoms with E-state index < -0.39 is 5.97 Å². The van der Waals surface area contributed by atoms with E-state index in [0.29, 0.717) is 18.0 Å². The van der Waals surface area contributed by atoms with Crippen LogP contribution >= 0.6 is 0 Å². The molecule has 1 aromatic carbocycles. The molecule has 1 aromatic rings. The van der Waals surface area contributed by atoms with Crippen LogP contribution in [0.1, 0.15) is 26.2 Å². The molecule has 0 saturated carbocycles. The van der Waals surface area contributed by atoms with Crippen LogP contribution in [0, 0.1) is 0 Å². The van der Waals surface area contributed by atoms with Crippen LogP contribution in [0.5, 0.6) is 5.75 Å². The highest BCUT2D eigenvalue weighted by Crippen LogP contribution is 2.24. The van der Waals surface area contributed by atoms with Gasteiger partial charge in [0.05, 0.1) is 18.7 Å². The monoisotopic (exact) mass is 251 g/mol. The topological polar surface area (TPSA) is 75.6 Å². The van der Waals surface area contributed by atoms with Crippen molar-refractivity contribution < 1.29 is 19.4 Å². The lowest BCUT2D eigenvalue weighted by Crippen LogP contribution is -2.14. The molecule has 0 aliphatic rings. The first-order chi connectivity index (χ1) is 8.63. The van der Waals surface area contributed by atoms with E-state index >= 15 is 0 Å². The molecule has 0 radical (unpaired) electrons. The Balaban J connectivity index is 2.59. The van der Waals surface area contributed by atoms with Crippen LogP contribution in [0.3, 0.4) is 0 Å². The molecule has 18 heavy (non-hydrogen) atoms. The summed E-state index contributed by atoms with van der Waals surface area (Å²) in [7, 11) is 0. The van der Waals surface area contributed by atoms with E-state index in [-0.39, 0.29) is 18.7 Å². The third kappa shape index (κ3) is 4.86. The summed E-state index contributed by atoms with van der Waals surface area (Å²) in [5, 5.41) is 11.1. The van der Waals surface area contributed by atoms with Gasteiger partial charge in [0.25, 0.3) is 0 Å². The fourth-order valence-electron chi connectivity index (χ4n) is 1.34. The van der Waals surface area contributed by atoms with Gasteiger partial charge in [-0.3, -0.25) is 9.59 Å². The number of amides is 1. The van der Waals surface area contributed by atoms with Crippen LogP contribution in [0.2, 0.25) is 0 Å². The van der Waals surface area contributed by atoms with Gasteiger partial charge in [-0.15, -0.1) is 0 Å². The molecule has 2 N–H and O–H groups in total. The molecule has 5 nitrogen and oxygen atoms in total. The number of para-hydroxylation sites is 2. The maximum Gasteiger partial charge on any atom is 0.303 e. The molecule has 1 amide bonds. The highest BCUT2D eigenvalue weighted by molar-refractivity contribution is 5.93. The standard InChI is InChI=1S/C13H17NO4/c1-2-9-18-11-6-4-3-5-10(11)14-12(15)7-8-13(16)17/h3-6H,2,7-9H2,1H3,(H,14,15)(H,16,17). The zero-order valence-corrected chi connectivity index (χ0v) is 10.3. The van der Waals surface area contributed by atoms with Crippen molar-refractivity contribution in [2.75, 3.05) is 11.9 Å². The third-order valence-corrected chi connectivity index (χ3v) is 2.19. The summed E-state index contributed by atoms with van der Waals surface area (Å²) in [6, 6.07) is 7.09. The van der Waals surface area contributed by atoms with Gasteiger partial charge in [-0.1, -0.05) is 19.1 Å². The molecular weight excluding hydrogens is 234 g/mol. The average molecular weight is 251 g/mol. The second-order valence-corrected chi connectivity index (χ2v) is 3.79. The van der Waals surface area contributed by atoms with E-state index in [4.69, 9.17) is 9.84 Å². The summed E-state index contributed by atoms with van der Waals surface area (Å²) >= 11 is 0. The van der Waals surface area contributed by atoms with E-state index in [1.807, 2.05) is 13.0 Å². The fraction of sp³-hybridized carbons (Fsp3) is 0.385. The normalized spacial score (nSPS) is 9.83. The zero-order chi connectivity index (χ0) is 13.4. The van der Waals surface area contributed by atoms with Crippen molar-refractivity contribution >= 4 is 17.6 Å². The molecule has 5 heteroatoms. The maximum atomic E-state index is 11.5. The fourth-order valence-corrected chi connectivity index (χ4v) is 1.34. The predicted octanol–water partition coefficient (Wildman–Crippen LogP) is 2.28. The molecule has 1 rings (SSSR count). The molecule has 0 aliphatic carbocycles. The minimum atomic E-state index is -0.985. The Morgan fingerprint density at radius 2 is 2.00 bits per heavy atom.